The predicted octanol–water partition coefficient (Wildman–Crippen LogP) is 2.85. The zero-order valence-corrected chi connectivity index (χ0v) is 11.3. The number of ether oxygens (including phenoxy) is 1. The molecule has 0 amide bonds. The summed E-state index contributed by atoms with van der Waals surface area (Å²) < 4.78 is 5.83. The van der Waals surface area contributed by atoms with Gasteiger partial charge in [0.25, 0.3) is 0 Å². The minimum atomic E-state index is 0.150. The molecule has 2 heterocycles. The molecule has 20 heavy (non-hydrogen) atoms. The van der Waals surface area contributed by atoms with Crippen LogP contribution in [0.15, 0.2) is 30.5 Å². The van der Waals surface area contributed by atoms with Crippen molar-refractivity contribution in [2.45, 2.75) is 19.8 Å². The molecule has 3 N–H and O–H groups in total. The fraction of sp³-hybridized carbons (Fsp3) is 0.214. The largest absolute Gasteiger partial charge is 0.438 e. The van der Waals surface area contributed by atoms with E-state index in [1.165, 1.54) is 5.56 Å². The van der Waals surface area contributed by atoms with Gasteiger partial charge in [0, 0.05) is 0 Å². The van der Waals surface area contributed by atoms with Crippen LogP contribution >= 0.6 is 0 Å². The second kappa shape index (κ2) is 4.80. The normalized spacial score (nSPS) is 11.2. The first-order valence-electron chi connectivity index (χ1n) is 6.38. The first kappa shape index (κ1) is 12.4. The molecule has 1 aromatic carbocycles. The first-order valence-corrected chi connectivity index (χ1v) is 6.38. The highest BCUT2D eigenvalue weighted by atomic mass is 16.5. The number of benzene rings is 1. The van der Waals surface area contributed by atoms with Crippen LogP contribution in [0.1, 0.15) is 25.3 Å². The van der Waals surface area contributed by atoms with Crippen molar-refractivity contribution in [2.75, 3.05) is 5.73 Å². The number of rotatable bonds is 3. The number of fused-ring (bicyclic) bond motifs is 1. The number of aromatic nitrogens is 4. The van der Waals surface area contributed by atoms with Crippen molar-refractivity contribution in [2.24, 2.45) is 0 Å². The zero-order valence-electron chi connectivity index (χ0n) is 11.3. The van der Waals surface area contributed by atoms with Crippen LogP contribution in [0.5, 0.6) is 11.6 Å². The maximum absolute atomic E-state index is 5.83. The lowest BCUT2D eigenvalue weighted by atomic mass is 10.0. The van der Waals surface area contributed by atoms with Crippen molar-refractivity contribution in [1.82, 2.24) is 20.2 Å². The van der Waals surface area contributed by atoms with Crippen LogP contribution in [0.25, 0.3) is 11.0 Å². The molecule has 0 saturated carbocycles. The monoisotopic (exact) mass is 269 g/mol. The Morgan fingerprint density at radius 1 is 1.25 bits per heavy atom. The maximum Gasteiger partial charge on any atom is 0.235 e. The molecular weight excluding hydrogens is 254 g/mol. The number of aromatic amines is 1. The molecule has 0 atom stereocenters. The van der Waals surface area contributed by atoms with E-state index in [4.69, 9.17) is 10.5 Å². The van der Waals surface area contributed by atoms with Gasteiger partial charge in [0.2, 0.25) is 11.8 Å². The number of nitrogen functional groups attached to an aromatic ring is 1. The van der Waals surface area contributed by atoms with E-state index in [0.29, 0.717) is 22.8 Å². The summed E-state index contributed by atoms with van der Waals surface area (Å²) in [5.41, 5.74) is 7.43. The van der Waals surface area contributed by atoms with E-state index >= 15 is 0 Å². The van der Waals surface area contributed by atoms with Crippen LogP contribution in [0, 0.1) is 0 Å². The lowest BCUT2D eigenvalue weighted by Crippen LogP contribution is -1.98. The summed E-state index contributed by atoms with van der Waals surface area (Å²) in [6.07, 6.45) is 1.62. The van der Waals surface area contributed by atoms with E-state index < -0.39 is 0 Å². The van der Waals surface area contributed by atoms with Gasteiger partial charge in [-0.05, 0) is 23.6 Å². The lowest BCUT2D eigenvalue weighted by Gasteiger charge is -2.09. The van der Waals surface area contributed by atoms with Gasteiger partial charge in [0.15, 0.2) is 5.65 Å². The Bertz CT molecular complexity index is 750. The van der Waals surface area contributed by atoms with Gasteiger partial charge in [0.1, 0.15) is 11.1 Å². The summed E-state index contributed by atoms with van der Waals surface area (Å²) in [5, 5.41) is 7.39. The van der Waals surface area contributed by atoms with Crippen LogP contribution in [0.2, 0.25) is 0 Å². The van der Waals surface area contributed by atoms with Gasteiger partial charge in [-0.2, -0.15) is 15.1 Å². The minimum absolute atomic E-state index is 0.150. The molecule has 2 aromatic heterocycles. The molecule has 0 radical (unpaired) electrons. The van der Waals surface area contributed by atoms with Crippen molar-refractivity contribution in [3.63, 3.8) is 0 Å². The Balaban J connectivity index is 2.00. The van der Waals surface area contributed by atoms with Gasteiger partial charge in [-0.25, -0.2) is 0 Å². The third-order valence-corrected chi connectivity index (χ3v) is 3.03. The molecule has 0 saturated heterocycles. The van der Waals surface area contributed by atoms with Crippen LogP contribution in [-0.4, -0.2) is 20.2 Å². The molecule has 0 spiro atoms. The van der Waals surface area contributed by atoms with Gasteiger partial charge in [-0.3, -0.25) is 5.10 Å². The van der Waals surface area contributed by atoms with E-state index in [9.17, 15) is 0 Å². The van der Waals surface area contributed by atoms with Gasteiger partial charge in [-0.1, -0.05) is 26.0 Å². The number of nitrogens with one attached hydrogen (secondary N) is 1. The molecule has 0 fully saturated rings. The third-order valence-electron chi connectivity index (χ3n) is 3.03. The maximum atomic E-state index is 5.83. The third kappa shape index (κ3) is 2.27. The second-order valence-corrected chi connectivity index (χ2v) is 4.85. The number of nitrogens with zero attached hydrogens (tertiary/aromatic N) is 3. The molecule has 0 bridgehead atoms. The Kier molecular flexibility index (Phi) is 2.98. The van der Waals surface area contributed by atoms with Crippen molar-refractivity contribution in [3.8, 4) is 11.6 Å². The summed E-state index contributed by atoms with van der Waals surface area (Å²) >= 11 is 0. The fourth-order valence-corrected chi connectivity index (χ4v) is 1.95. The van der Waals surface area contributed by atoms with Crippen molar-refractivity contribution in [3.05, 3.63) is 36.0 Å². The molecular formula is C14H15N5O. The van der Waals surface area contributed by atoms with Gasteiger partial charge in [-0.15, -0.1) is 0 Å². The highest BCUT2D eigenvalue weighted by Crippen LogP contribution is 2.28. The van der Waals surface area contributed by atoms with Crippen LogP contribution in [0.4, 0.5) is 5.95 Å². The standard InChI is InChI=1S/C14H15N5O/c1-8(2)9-4-3-5-10(6-9)20-13-11-7-16-19-12(11)17-14(15)18-13/h3-8H,1-2H3,(H3,15,16,17,18,19). The molecule has 6 heteroatoms. The molecule has 0 aliphatic carbocycles. The molecule has 0 aliphatic rings. The number of nitrogens with two attached hydrogens (primary N) is 1. The average Bonchev–Trinajstić information content (AvgIpc) is 2.87. The van der Waals surface area contributed by atoms with Crippen molar-refractivity contribution >= 4 is 17.0 Å². The van der Waals surface area contributed by atoms with E-state index in [1.54, 1.807) is 6.20 Å². The summed E-state index contributed by atoms with van der Waals surface area (Å²) in [7, 11) is 0. The Morgan fingerprint density at radius 3 is 2.90 bits per heavy atom. The summed E-state index contributed by atoms with van der Waals surface area (Å²) in [5.74, 6) is 1.71. The number of hydrogen-bond acceptors (Lipinski definition) is 5. The van der Waals surface area contributed by atoms with Crippen molar-refractivity contribution in [1.29, 1.82) is 0 Å². The molecule has 6 nitrogen and oxygen atoms in total. The SMILES string of the molecule is CC(C)c1cccc(Oc2nc(N)nc3[nH]ncc23)c1. The van der Waals surface area contributed by atoms with E-state index in [2.05, 4.69) is 40.1 Å². The average molecular weight is 269 g/mol. The Hall–Kier alpha value is -2.63. The quantitative estimate of drug-likeness (QED) is 0.763. The van der Waals surface area contributed by atoms with E-state index in [-0.39, 0.29) is 5.95 Å². The number of anilines is 1. The van der Waals surface area contributed by atoms with E-state index in [1.807, 2.05) is 18.2 Å². The van der Waals surface area contributed by atoms with Crippen LogP contribution < -0.4 is 10.5 Å². The second-order valence-electron chi connectivity index (χ2n) is 4.85. The van der Waals surface area contributed by atoms with E-state index in [0.717, 1.165) is 5.75 Å². The van der Waals surface area contributed by atoms with Gasteiger partial charge >= 0.3 is 0 Å². The van der Waals surface area contributed by atoms with Gasteiger partial charge < -0.3 is 10.5 Å². The summed E-state index contributed by atoms with van der Waals surface area (Å²) in [6, 6.07) is 7.91. The summed E-state index contributed by atoms with van der Waals surface area (Å²) in [4.78, 5) is 8.18. The first-order chi connectivity index (χ1) is 9.63. The minimum Gasteiger partial charge on any atom is -0.438 e. The highest BCUT2D eigenvalue weighted by molar-refractivity contribution is 5.80. The van der Waals surface area contributed by atoms with Crippen molar-refractivity contribution < 1.29 is 4.74 Å². The summed E-state index contributed by atoms with van der Waals surface area (Å²) in [6.45, 7) is 4.27. The Morgan fingerprint density at radius 2 is 2.10 bits per heavy atom. The van der Waals surface area contributed by atoms with Gasteiger partial charge in [0.05, 0.1) is 6.20 Å². The molecule has 3 rings (SSSR count). The predicted molar refractivity (Wildman–Crippen MR) is 76.7 cm³/mol. The molecule has 3 aromatic rings. The molecule has 102 valence electrons. The molecule has 0 aliphatic heterocycles. The smallest absolute Gasteiger partial charge is 0.235 e. The zero-order chi connectivity index (χ0) is 14.1. The number of H-pyrrole nitrogens is 1. The number of hydrogen-bond donors (Lipinski definition) is 2. The Labute approximate surface area is 116 Å². The lowest BCUT2D eigenvalue weighted by molar-refractivity contribution is 0.468. The highest BCUT2D eigenvalue weighted by Gasteiger charge is 2.11. The van der Waals surface area contributed by atoms with Crippen LogP contribution in [0.3, 0.4) is 0 Å². The fourth-order valence-electron chi connectivity index (χ4n) is 1.95. The topological polar surface area (TPSA) is 89.7 Å². The van der Waals surface area contributed by atoms with Crippen LogP contribution in [-0.2, 0) is 0 Å². The molecule has 0 unspecified atom stereocenters.